The Kier molecular flexibility index (Phi) is 8.27. The fourth-order valence-electron chi connectivity index (χ4n) is 2.34. The van der Waals surface area contributed by atoms with E-state index in [1.165, 1.54) is 6.07 Å². The van der Waals surface area contributed by atoms with Crippen LogP contribution in [0.4, 0.5) is 4.39 Å². The van der Waals surface area contributed by atoms with Crippen LogP contribution >= 0.6 is 12.4 Å². The molecule has 0 unspecified atom stereocenters. The lowest BCUT2D eigenvalue weighted by Crippen LogP contribution is -2.44. The van der Waals surface area contributed by atoms with E-state index >= 15 is 0 Å². The second kappa shape index (κ2) is 9.71. The Bertz CT molecular complexity index is 439. The Hall–Kier alpha value is -1.17. The summed E-state index contributed by atoms with van der Waals surface area (Å²) in [4.78, 5) is 14.1. The maximum Gasteiger partial charge on any atom is 0.224 e. The van der Waals surface area contributed by atoms with Gasteiger partial charge in [0.25, 0.3) is 0 Å². The van der Waals surface area contributed by atoms with Crippen molar-refractivity contribution < 1.29 is 9.18 Å². The maximum absolute atomic E-state index is 13.4. The number of hydrogen-bond donors (Lipinski definition) is 2. The van der Waals surface area contributed by atoms with Gasteiger partial charge < -0.3 is 15.5 Å². The van der Waals surface area contributed by atoms with E-state index < -0.39 is 0 Å². The topological polar surface area (TPSA) is 44.4 Å². The Labute approximate surface area is 131 Å². The Morgan fingerprint density at radius 1 is 1.29 bits per heavy atom. The molecule has 1 aliphatic rings. The summed E-state index contributed by atoms with van der Waals surface area (Å²) >= 11 is 0. The van der Waals surface area contributed by atoms with Crippen LogP contribution in [0.15, 0.2) is 24.3 Å². The van der Waals surface area contributed by atoms with Crippen LogP contribution in [0.1, 0.15) is 12.0 Å². The quantitative estimate of drug-likeness (QED) is 0.775. The lowest BCUT2D eigenvalue weighted by Gasteiger charge is -2.27. The predicted octanol–water partition coefficient (Wildman–Crippen LogP) is 1.20. The number of carbonyl (C=O) groups is 1. The zero-order valence-corrected chi connectivity index (χ0v) is 12.9. The van der Waals surface area contributed by atoms with Gasteiger partial charge in [0.1, 0.15) is 5.82 Å². The molecule has 1 aromatic carbocycles. The highest BCUT2D eigenvalue weighted by molar-refractivity contribution is 5.85. The average molecular weight is 316 g/mol. The molecule has 1 aromatic rings. The SMILES string of the molecule is Cl.O=C(Cc1ccccc1F)NCCCN1CCNCC1. The number of piperazine rings is 1. The van der Waals surface area contributed by atoms with E-state index in [-0.39, 0.29) is 30.6 Å². The second-order valence-corrected chi connectivity index (χ2v) is 5.06. The first-order chi connectivity index (χ1) is 9.75. The van der Waals surface area contributed by atoms with Crippen molar-refractivity contribution in [1.82, 2.24) is 15.5 Å². The zero-order valence-electron chi connectivity index (χ0n) is 12.1. The van der Waals surface area contributed by atoms with Crippen molar-refractivity contribution in [1.29, 1.82) is 0 Å². The van der Waals surface area contributed by atoms with Gasteiger partial charge in [-0.3, -0.25) is 4.79 Å². The molecule has 0 radical (unpaired) electrons. The zero-order chi connectivity index (χ0) is 14.2. The summed E-state index contributed by atoms with van der Waals surface area (Å²) in [6.07, 6.45) is 1.04. The molecule has 2 N–H and O–H groups in total. The van der Waals surface area contributed by atoms with E-state index in [1.807, 2.05) is 0 Å². The van der Waals surface area contributed by atoms with Crippen LogP contribution in [0, 0.1) is 5.82 Å². The molecule has 1 heterocycles. The van der Waals surface area contributed by atoms with Gasteiger partial charge in [-0.05, 0) is 24.6 Å². The van der Waals surface area contributed by atoms with E-state index in [9.17, 15) is 9.18 Å². The molecule has 6 heteroatoms. The van der Waals surface area contributed by atoms with Crippen LogP contribution in [0.2, 0.25) is 0 Å². The molecule has 1 fully saturated rings. The fraction of sp³-hybridized carbons (Fsp3) is 0.533. The van der Waals surface area contributed by atoms with E-state index in [4.69, 9.17) is 0 Å². The molecule has 0 spiro atoms. The van der Waals surface area contributed by atoms with E-state index in [0.717, 1.165) is 39.1 Å². The smallest absolute Gasteiger partial charge is 0.224 e. The van der Waals surface area contributed by atoms with Gasteiger partial charge in [-0.15, -0.1) is 12.4 Å². The van der Waals surface area contributed by atoms with Gasteiger partial charge in [-0.1, -0.05) is 18.2 Å². The Morgan fingerprint density at radius 2 is 2.00 bits per heavy atom. The van der Waals surface area contributed by atoms with Gasteiger partial charge in [-0.2, -0.15) is 0 Å². The first-order valence-corrected chi connectivity index (χ1v) is 7.19. The van der Waals surface area contributed by atoms with Gasteiger partial charge in [0.15, 0.2) is 0 Å². The largest absolute Gasteiger partial charge is 0.356 e. The van der Waals surface area contributed by atoms with Crippen molar-refractivity contribution in [3.8, 4) is 0 Å². The van der Waals surface area contributed by atoms with Crippen LogP contribution in [0.25, 0.3) is 0 Å². The summed E-state index contributed by atoms with van der Waals surface area (Å²) in [6, 6.07) is 6.41. The van der Waals surface area contributed by atoms with E-state index in [2.05, 4.69) is 15.5 Å². The van der Waals surface area contributed by atoms with Gasteiger partial charge in [0.2, 0.25) is 5.91 Å². The highest BCUT2D eigenvalue weighted by Crippen LogP contribution is 2.06. The number of benzene rings is 1. The number of hydrogen-bond acceptors (Lipinski definition) is 3. The molecule has 118 valence electrons. The van der Waals surface area contributed by atoms with Gasteiger partial charge >= 0.3 is 0 Å². The monoisotopic (exact) mass is 315 g/mol. The van der Waals surface area contributed by atoms with Gasteiger partial charge in [-0.25, -0.2) is 4.39 Å². The highest BCUT2D eigenvalue weighted by Gasteiger charge is 2.09. The van der Waals surface area contributed by atoms with E-state index in [0.29, 0.717) is 12.1 Å². The predicted molar refractivity (Wildman–Crippen MR) is 84.3 cm³/mol. The normalized spacial score (nSPS) is 15.3. The number of carbonyl (C=O) groups excluding carboxylic acids is 1. The third-order valence-corrected chi connectivity index (χ3v) is 3.49. The summed E-state index contributed by atoms with van der Waals surface area (Å²) in [5.41, 5.74) is 0.451. The number of nitrogens with zero attached hydrogens (tertiary/aromatic N) is 1. The first kappa shape index (κ1) is 17.9. The number of halogens is 2. The van der Waals surface area contributed by atoms with Crippen LogP contribution in [0.3, 0.4) is 0 Å². The number of rotatable bonds is 6. The van der Waals surface area contributed by atoms with E-state index in [1.54, 1.807) is 18.2 Å². The molecule has 0 aromatic heterocycles. The summed E-state index contributed by atoms with van der Waals surface area (Å²) in [5, 5.41) is 6.16. The minimum Gasteiger partial charge on any atom is -0.356 e. The lowest BCUT2D eigenvalue weighted by atomic mass is 10.1. The molecular formula is C15H23ClFN3O. The van der Waals surface area contributed by atoms with Crippen LogP contribution in [0.5, 0.6) is 0 Å². The molecule has 0 saturated carbocycles. The third kappa shape index (κ3) is 6.42. The highest BCUT2D eigenvalue weighted by atomic mass is 35.5. The number of nitrogens with one attached hydrogen (secondary N) is 2. The molecule has 0 atom stereocenters. The molecule has 1 saturated heterocycles. The summed E-state index contributed by atoms with van der Waals surface area (Å²) in [6.45, 7) is 5.88. The third-order valence-electron chi connectivity index (χ3n) is 3.49. The Balaban J connectivity index is 0.00000220. The van der Waals surface area contributed by atoms with Crippen LogP contribution in [-0.2, 0) is 11.2 Å². The average Bonchev–Trinajstić information content (AvgIpc) is 2.47. The molecule has 4 nitrogen and oxygen atoms in total. The maximum atomic E-state index is 13.4. The van der Waals surface area contributed by atoms with Crippen molar-refractivity contribution in [3.63, 3.8) is 0 Å². The minimum absolute atomic E-state index is 0. The molecule has 0 bridgehead atoms. The van der Waals surface area contributed by atoms with Crippen molar-refractivity contribution in [2.45, 2.75) is 12.8 Å². The van der Waals surface area contributed by atoms with Crippen molar-refractivity contribution >= 4 is 18.3 Å². The standard InChI is InChI=1S/C15H22FN3O.ClH/c16-14-5-2-1-4-13(14)12-15(20)18-6-3-9-19-10-7-17-8-11-19;/h1-2,4-5,17H,3,6-12H2,(H,18,20);1H. The molecule has 2 rings (SSSR count). The molecule has 1 amide bonds. The first-order valence-electron chi connectivity index (χ1n) is 7.19. The summed E-state index contributed by atoms with van der Waals surface area (Å²) in [7, 11) is 0. The number of amides is 1. The van der Waals surface area contributed by atoms with Crippen LogP contribution < -0.4 is 10.6 Å². The fourth-order valence-corrected chi connectivity index (χ4v) is 2.34. The van der Waals surface area contributed by atoms with Gasteiger partial charge in [0, 0.05) is 32.7 Å². The summed E-state index contributed by atoms with van der Waals surface area (Å²) < 4.78 is 13.4. The van der Waals surface area contributed by atoms with Crippen LogP contribution in [-0.4, -0.2) is 50.1 Å². The van der Waals surface area contributed by atoms with Crippen molar-refractivity contribution in [2.75, 3.05) is 39.3 Å². The molecular weight excluding hydrogens is 293 g/mol. The molecule has 21 heavy (non-hydrogen) atoms. The second-order valence-electron chi connectivity index (χ2n) is 5.06. The van der Waals surface area contributed by atoms with Crippen molar-refractivity contribution in [2.24, 2.45) is 0 Å². The molecule has 1 aliphatic heterocycles. The van der Waals surface area contributed by atoms with Gasteiger partial charge in [0.05, 0.1) is 6.42 Å². The lowest BCUT2D eigenvalue weighted by molar-refractivity contribution is -0.120. The molecule has 0 aliphatic carbocycles. The Morgan fingerprint density at radius 3 is 2.71 bits per heavy atom. The minimum atomic E-state index is -0.316. The van der Waals surface area contributed by atoms with Crippen molar-refractivity contribution in [3.05, 3.63) is 35.6 Å². The summed E-state index contributed by atoms with van der Waals surface area (Å²) in [5.74, 6) is -0.432.